The highest BCUT2D eigenvalue weighted by atomic mass is 16.2. The zero-order valence-corrected chi connectivity index (χ0v) is 7.74. The summed E-state index contributed by atoms with van der Waals surface area (Å²) in [4.78, 5) is 11.4. The fourth-order valence-electron chi connectivity index (χ4n) is 1.80. The van der Waals surface area contributed by atoms with E-state index in [0.717, 1.165) is 24.5 Å². The van der Waals surface area contributed by atoms with Gasteiger partial charge >= 0.3 is 0 Å². The molecule has 1 amide bonds. The minimum Gasteiger partial charge on any atom is -0.357 e. The van der Waals surface area contributed by atoms with Gasteiger partial charge in [0, 0.05) is 13.5 Å². The molecule has 0 bridgehead atoms. The van der Waals surface area contributed by atoms with Crippen molar-refractivity contribution in [3.63, 3.8) is 0 Å². The van der Waals surface area contributed by atoms with Crippen LogP contribution in [-0.4, -0.2) is 27.7 Å². The Balaban J connectivity index is 2.36. The van der Waals surface area contributed by atoms with Gasteiger partial charge in [0.2, 0.25) is 5.91 Å². The van der Waals surface area contributed by atoms with Crippen LogP contribution in [0.15, 0.2) is 0 Å². The second-order valence-corrected chi connectivity index (χ2v) is 3.20. The number of amides is 1. The molecule has 1 aliphatic heterocycles. The van der Waals surface area contributed by atoms with Crippen LogP contribution in [0.25, 0.3) is 0 Å². The maximum absolute atomic E-state index is 11.4. The van der Waals surface area contributed by atoms with Gasteiger partial charge in [0.1, 0.15) is 17.7 Å². The Hall–Kier alpha value is -1.39. The second kappa shape index (κ2) is 2.83. The highest BCUT2D eigenvalue weighted by molar-refractivity contribution is 5.80. The van der Waals surface area contributed by atoms with Crippen molar-refractivity contribution in [1.29, 1.82) is 0 Å². The lowest BCUT2D eigenvalue weighted by atomic mass is 10.2. The van der Waals surface area contributed by atoms with Crippen LogP contribution in [0.1, 0.15) is 24.1 Å². The molecule has 0 fully saturated rings. The number of hydrogen-bond acceptors (Lipinski definition) is 3. The maximum atomic E-state index is 11.4. The molecule has 1 atom stereocenters. The number of aromatic nitrogens is 3. The molecule has 70 valence electrons. The van der Waals surface area contributed by atoms with Crippen LogP contribution in [0.2, 0.25) is 0 Å². The van der Waals surface area contributed by atoms with Crippen LogP contribution < -0.4 is 5.32 Å². The van der Waals surface area contributed by atoms with Gasteiger partial charge in [0.05, 0.1) is 0 Å². The molecule has 0 spiro atoms. The Kier molecular flexibility index (Phi) is 1.79. The van der Waals surface area contributed by atoms with E-state index >= 15 is 0 Å². The van der Waals surface area contributed by atoms with Crippen molar-refractivity contribution >= 4 is 5.91 Å². The first kappa shape index (κ1) is 8.22. The van der Waals surface area contributed by atoms with Crippen molar-refractivity contribution in [2.75, 3.05) is 7.05 Å². The van der Waals surface area contributed by atoms with Gasteiger partial charge in [-0.15, -0.1) is 10.2 Å². The molecule has 5 heteroatoms. The molecular formula is C8H12N4O. The summed E-state index contributed by atoms with van der Waals surface area (Å²) in [6.07, 6.45) is 1.68. The molecule has 0 radical (unpaired) electrons. The van der Waals surface area contributed by atoms with Gasteiger partial charge in [0.15, 0.2) is 0 Å². The van der Waals surface area contributed by atoms with E-state index in [2.05, 4.69) is 15.5 Å². The van der Waals surface area contributed by atoms with Crippen molar-refractivity contribution < 1.29 is 4.79 Å². The van der Waals surface area contributed by atoms with E-state index in [4.69, 9.17) is 0 Å². The topological polar surface area (TPSA) is 59.8 Å². The number of rotatable bonds is 1. The van der Waals surface area contributed by atoms with E-state index in [-0.39, 0.29) is 11.9 Å². The summed E-state index contributed by atoms with van der Waals surface area (Å²) in [7, 11) is 1.65. The quantitative estimate of drug-likeness (QED) is 0.652. The predicted molar refractivity (Wildman–Crippen MR) is 46.2 cm³/mol. The van der Waals surface area contributed by atoms with Crippen LogP contribution in [0.5, 0.6) is 0 Å². The Bertz CT molecular complexity index is 344. The first-order chi connectivity index (χ1) is 6.24. The second-order valence-electron chi connectivity index (χ2n) is 3.20. The molecule has 5 nitrogen and oxygen atoms in total. The average Bonchev–Trinajstić information content (AvgIpc) is 2.68. The highest BCUT2D eigenvalue weighted by Gasteiger charge is 2.30. The molecule has 2 rings (SSSR count). The van der Waals surface area contributed by atoms with Crippen LogP contribution in [0.3, 0.4) is 0 Å². The van der Waals surface area contributed by atoms with Gasteiger partial charge in [-0.25, -0.2) is 0 Å². The number of carbonyl (C=O) groups is 1. The molecule has 2 heterocycles. The fraction of sp³-hybridized carbons (Fsp3) is 0.625. The van der Waals surface area contributed by atoms with Crippen LogP contribution in [-0.2, 0) is 11.2 Å². The van der Waals surface area contributed by atoms with E-state index in [1.165, 1.54) is 0 Å². The Morgan fingerprint density at radius 2 is 2.38 bits per heavy atom. The number of likely N-dealkylation sites (N-methyl/N-ethyl adjacent to an activating group) is 1. The lowest BCUT2D eigenvalue weighted by molar-refractivity contribution is -0.123. The minimum atomic E-state index is -0.102. The first-order valence-electron chi connectivity index (χ1n) is 4.36. The number of fused-ring (bicyclic) bond motifs is 1. The minimum absolute atomic E-state index is 0.0432. The molecule has 0 saturated carbocycles. The molecule has 0 aromatic carbocycles. The molecular weight excluding hydrogens is 168 g/mol. The van der Waals surface area contributed by atoms with Crippen LogP contribution in [0.4, 0.5) is 0 Å². The van der Waals surface area contributed by atoms with E-state index in [9.17, 15) is 4.79 Å². The van der Waals surface area contributed by atoms with Gasteiger partial charge < -0.3 is 9.88 Å². The van der Waals surface area contributed by atoms with E-state index < -0.39 is 0 Å². The third-order valence-electron chi connectivity index (χ3n) is 2.44. The van der Waals surface area contributed by atoms with E-state index in [1.807, 2.05) is 11.5 Å². The van der Waals surface area contributed by atoms with E-state index in [1.54, 1.807) is 7.05 Å². The summed E-state index contributed by atoms with van der Waals surface area (Å²) in [6.45, 7) is 1.87. The lowest BCUT2D eigenvalue weighted by Gasteiger charge is -2.11. The van der Waals surface area contributed by atoms with Gasteiger partial charge in [-0.2, -0.15) is 0 Å². The summed E-state index contributed by atoms with van der Waals surface area (Å²) in [5.74, 6) is 1.79. The van der Waals surface area contributed by atoms with Crippen molar-refractivity contribution in [1.82, 2.24) is 20.1 Å². The summed E-state index contributed by atoms with van der Waals surface area (Å²) >= 11 is 0. The molecule has 0 aliphatic carbocycles. The molecule has 13 heavy (non-hydrogen) atoms. The van der Waals surface area contributed by atoms with Crippen molar-refractivity contribution in [2.24, 2.45) is 0 Å². The third-order valence-corrected chi connectivity index (χ3v) is 2.44. The standard InChI is InChI=1S/C8H12N4O/c1-5-10-11-7-4-3-6(12(5)7)8(13)9-2/h6H,3-4H2,1-2H3,(H,9,13)/t6-/m0/s1. The molecule has 1 N–H and O–H groups in total. The number of hydrogen-bond donors (Lipinski definition) is 1. The smallest absolute Gasteiger partial charge is 0.242 e. The number of nitrogens with zero attached hydrogens (tertiary/aromatic N) is 3. The van der Waals surface area contributed by atoms with Gasteiger partial charge in [-0.05, 0) is 13.3 Å². The average molecular weight is 180 g/mol. The largest absolute Gasteiger partial charge is 0.357 e. The summed E-state index contributed by atoms with van der Waals surface area (Å²) in [5, 5.41) is 10.6. The first-order valence-corrected chi connectivity index (χ1v) is 4.36. The van der Waals surface area contributed by atoms with Crippen molar-refractivity contribution in [3.8, 4) is 0 Å². The van der Waals surface area contributed by atoms with E-state index in [0.29, 0.717) is 0 Å². The summed E-state index contributed by atoms with van der Waals surface area (Å²) in [5.41, 5.74) is 0. The predicted octanol–water partition coefficient (Wildman–Crippen LogP) is -0.180. The maximum Gasteiger partial charge on any atom is 0.242 e. The normalized spacial score (nSPS) is 20.0. The molecule has 0 saturated heterocycles. The Morgan fingerprint density at radius 3 is 3.08 bits per heavy atom. The number of carbonyl (C=O) groups excluding carboxylic acids is 1. The Labute approximate surface area is 76.2 Å². The number of aryl methyl sites for hydroxylation is 2. The third kappa shape index (κ3) is 1.11. The van der Waals surface area contributed by atoms with Crippen molar-refractivity contribution in [2.45, 2.75) is 25.8 Å². The number of nitrogens with one attached hydrogen (secondary N) is 1. The fourth-order valence-corrected chi connectivity index (χ4v) is 1.80. The molecule has 1 aromatic rings. The molecule has 1 aromatic heterocycles. The zero-order valence-electron chi connectivity index (χ0n) is 7.74. The summed E-state index contributed by atoms with van der Waals surface area (Å²) < 4.78 is 1.92. The van der Waals surface area contributed by atoms with Gasteiger partial charge in [0.25, 0.3) is 0 Å². The zero-order chi connectivity index (χ0) is 9.42. The van der Waals surface area contributed by atoms with Crippen molar-refractivity contribution in [3.05, 3.63) is 11.6 Å². The van der Waals surface area contributed by atoms with Gasteiger partial charge in [-0.3, -0.25) is 4.79 Å². The van der Waals surface area contributed by atoms with Gasteiger partial charge in [-0.1, -0.05) is 0 Å². The molecule has 1 aliphatic rings. The molecule has 0 unspecified atom stereocenters. The van der Waals surface area contributed by atoms with Crippen LogP contribution >= 0.6 is 0 Å². The summed E-state index contributed by atoms with van der Waals surface area (Å²) in [6, 6.07) is -0.102. The van der Waals surface area contributed by atoms with Crippen LogP contribution in [0, 0.1) is 6.92 Å². The highest BCUT2D eigenvalue weighted by Crippen LogP contribution is 2.25. The Morgan fingerprint density at radius 1 is 1.62 bits per heavy atom. The lowest BCUT2D eigenvalue weighted by Crippen LogP contribution is -2.28. The SMILES string of the molecule is CNC(=O)[C@@H]1CCc2nnc(C)n21. The monoisotopic (exact) mass is 180 g/mol.